The predicted molar refractivity (Wildman–Crippen MR) is 120 cm³/mol. The molecule has 0 aliphatic carbocycles. The Morgan fingerprint density at radius 1 is 1.18 bits per heavy atom. The maximum absolute atomic E-state index is 12.9. The van der Waals surface area contributed by atoms with Gasteiger partial charge in [-0.1, -0.05) is 0 Å². The van der Waals surface area contributed by atoms with Crippen molar-refractivity contribution in [2.45, 2.75) is 25.1 Å². The van der Waals surface area contributed by atoms with Crippen LogP contribution in [0, 0.1) is 0 Å². The zero-order chi connectivity index (χ0) is 24.0. The summed E-state index contributed by atoms with van der Waals surface area (Å²) in [5.41, 5.74) is 4.31. The number of nitrogens with zero attached hydrogens (tertiary/aromatic N) is 4. The van der Waals surface area contributed by atoms with E-state index in [0.717, 1.165) is 47.0 Å². The number of rotatable bonds is 5. The Balaban J connectivity index is 1.48. The number of fused-ring (bicyclic) bond motifs is 2. The Morgan fingerprint density at radius 3 is 2.71 bits per heavy atom. The number of pyridine rings is 1. The first-order valence-corrected chi connectivity index (χ1v) is 11.1. The molecule has 0 bridgehead atoms. The summed E-state index contributed by atoms with van der Waals surface area (Å²) in [6.07, 6.45) is 0.782. The minimum atomic E-state index is -4.45. The summed E-state index contributed by atoms with van der Waals surface area (Å²) < 4.78 is 51.5. The van der Waals surface area contributed by atoms with Gasteiger partial charge in [-0.2, -0.15) is 13.2 Å². The maximum atomic E-state index is 12.9. The van der Waals surface area contributed by atoms with Crippen LogP contribution < -0.4 is 9.64 Å². The summed E-state index contributed by atoms with van der Waals surface area (Å²) in [6.45, 7) is 0.492. The van der Waals surface area contributed by atoms with Gasteiger partial charge in [-0.3, -0.25) is 9.20 Å². The molecule has 0 saturated carbocycles. The number of amides is 1. The van der Waals surface area contributed by atoms with Crippen molar-refractivity contribution in [2.75, 3.05) is 45.3 Å². The zero-order valence-electron chi connectivity index (χ0n) is 18.9. The maximum Gasteiger partial charge on any atom is 0.406 e. The number of hydrogen-bond acceptors (Lipinski definition) is 5. The molecule has 2 aromatic heterocycles. The van der Waals surface area contributed by atoms with E-state index in [1.807, 2.05) is 28.8 Å². The SMILES string of the molecule is COc1cc(-c2cnc3cc(N4CC[C@@H](OC)C4)ccn23)cc2c1C(=O)N(CC(F)(F)F)CC2. The lowest BCUT2D eigenvalue weighted by molar-refractivity contribution is -0.141. The number of hydrogen-bond donors (Lipinski definition) is 0. The van der Waals surface area contributed by atoms with Crippen LogP contribution in [0.5, 0.6) is 5.75 Å². The molecule has 2 aliphatic rings. The first kappa shape index (κ1) is 22.5. The molecule has 0 N–H and O–H groups in total. The van der Waals surface area contributed by atoms with Gasteiger partial charge in [0.1, 0.15) is 17.9 Å². The normalized spacial score (nSPS) is 18.6. The number of imidazole rings is 1. The van der Waals surface area contributed by atoms with Crippen molar-refractivity contribution < 1.29 is 27.4 Å². The van der Waals surface area contributed by atoms with Crippen molar-refractivity contribution in [3.8, 4) is 17.0 Å². The van der Waals surface area contributed by atoms with Crippen molar-refractivity contribution in [1.82, 2.24) is 14.3 Å². The summed E-state index contributed by atoms with van der Waals surface area (Å²) in [4.78, 5) is 20.5. The fourth-order valence-corrected chi connectivity index (χ4v) is 4.84. The van der Waals surface area contributed by atoms with Crippen molar-refractivity contribution in [3.63, 3.8) is 0 Å². The van der Waals surface area contributed by atoms with Gasteiger partial charge >= 0.3 is 6.18 Å². The molecule has 2 aliphatic heterocycles. The molecule has 3 aromatic rings. The third-order valence-electron chi connectivity index (χ3n) is 6.56. The molecule has 4 heterocycles. The summed E-state index contributed by atoms with van der Waals surface area (Å²) in [5.74, 6) is -0.400. The number of halogens is 3. The van der Waals surface area contributed by atoms with E-state index in [-0.39, 0.29) is 24.0 Å². The average Bonchev–Trinajstić information content (AvgIpc) is 3.46. The fourth-order valence-electron chi connectivity index (χ4n) is 4.84. The largest absolute Gasteiger partial charge is 0.496 e. The highest BCUT2D eigenvalue weighted by Crippen LogP contribution is 2.35. The van der Waals surface area contributed by atoms with Crippen LogP contribution in [-0.4, -0.2) is 72.9 Å². The van der Waals surface area contributed by atoms with Gasteiger partial charge in [0, 0.05) is 50.3 Å². The van der Waals surface area contributed by atoms with Crippen LogP contribution >= 0.6 is 0 Å². The van der Waals surface area contributed by atoms with Crippen molar-refractivity contribution in [2.24, 2.45) is 0 Å². The molecule has 5 rings (SSSR count). The molecule has 34 heavy (non-hydrogen) atoms. The van der Waals surface area contributed by atoms with Crippen LogP contribution in [0.1, 0.15) is 22.3 Å². The van der Waals surface area contributed by atoms with E-state index >= 15 is 0 Å². The summed E-state index contributed by atoms with van der Waals surface area (Å²) in [5, 5.41) is 0. The summed E-state index contributed by atoms with van der Waals surface area (Å²) in [7, 11) is 3.14. The van der Waals surface area contributed by atoms with Crippen LogP contribution in [0.3, 0.4) is 0 Å². The van der Waals surface area contributed by atoms with Gasteiger partial charge in [0.05, 0.1) is 30.7 Å². The van der Waals surface area contributed by atoms with Gasteiger partial charge in [0.15, 0.2) is 0 Å². The minimum Gasteiger partial charge on any atom is -0.496 e. The highest BCUT2D eigenvalue weighted by molar-refractivity contribution is 6.00. The van der Waals surface area contributed by atoms with Gasteiger partial charge in [0.25, 0.3) is 5.91 Å². The molecule has 10 heteroatoms. The zero-order valence-corrected chi connectivity index (χ0v) is 18.9. The Kier molecular flexibility index (Phi) is 5.63. The monoisotopic (exact) mass is 474 g/mol. The van der Waals surface area contributed by atoms with E-state index < -0.39 is 18.6 Å². The van der Waals surface area contributed by atoms with E-state index in [2.05, 4.69) is 9.88 Å². The molecular formula is C24H25F3N4O3. The first-order valence-electron chi connectivity index (χ1n) is 11.1. The predicted octanol–water partition coefficient (Wildman–Crippen LogP) is 3.80. The molecule has 0 radical (unpaired) electrons. The highest BCUT2D eigenvalue weighted by atomic mass is 19.4. The van der Waals surface area contributed by atoms with Gasteiger partial charge in [0.2, 0.25) is 0 Å². The smallest absolute Gasteiger partial charge is 0.406 e. The number of carbonyl (C=O) groups excluding carboxylic acids is 1. The highest BCUT2D eigenvalue weighted by Gasteiger charge is 2.37. The Bertz CT molecular complexity index is 1220. The Hall–Kier alpha value is -3.27. The van der Waals surface area contributed by atoms with Gasteiger partial charge in [-0.15, -0.1) is 0 Å². The lowest BCUT2D eigenvalue weighted by Crippen LogP contribution is -2.43. The third-order valence-corrected chi connectivity index (χ3v) is 6.56. The molecule has 1 amide bonds. The van der Waals surface area contributed by atoms with Gasteiger partial charge in [-0.05, 0) is 36.6 Å². The molecule has 1 aromatic carbocycles. The summed E-state index contributed by atoms with van der Waals surface area (Å²) in [6, 6.07) is 7.59. The van der Waals surface area contributed by atoms with Crippen LogP contribution in [0.15, 0.2) is 36.7 Å². The standard InChI is InChI=1S/C24H25F3N4O3/c1-33-18-5-7-29(13-18)17-4-8-31-19(12-28-21(31)11-17)16-9-15-3-6-30(14-24(25,26)27)23(32)22(15)20(10-16)34-2/h4,8-12,18H,3,5-7,13-14H2,1-2H3/t18-/m1/s1. The topological polar surface area (TPSA) is 59.3 Å². The first-order chi connectivity index (χ1) is 16.3. The second-order valence-corrected chi connectivity index (χ2v) is 8.65. The molecule has 0 spiro atoms. The number of benzene rings is 1. The van der Waals surface area contributed by atoms with Crippen molar-refractivity contribution in [1.29, 1.82) is 0 Å². The van der Waals surface area contributed by atoms with Gasteiger partial charge in [-0.25, -0.2) is 4.98 Å². The fraction of sp³-hybridized carbons (Fsp3) is 0.417. The van der Waals surface area contributed by atoms with Gasteiger partial charge < -0.3 is 19.3 Å². The summed E-state index contributed by atoms with van der Waals surface area (Å²) >= 11 is 0. The van der Waals surface area contributed by atoms with E-state index in [4.69, 9.17) is 9.47 Å². The second-order valence-electron chi connectivity index (χ2n) is 8.65. The molecule has 7 nitrogen and oxygen atoms in total. The quantitative estimate of drug-likeness (QED) is 0.563. The number of aromatic nitrogens is 2. The van der Waals surface area contributed by atoms with Crippen LogP contribution in [0.25, 0.3) is 16.9 Å². The molecular weight excluding hydrogens is 449 g/mol. The number of ether oxygens (including phenoxy) is 2. The lowest BCUT2D eigenvalue weighted by atomic mass is 9.94. The average molecular weight is 474 g/mol. The number of carbonyl (C=O) groups is 1. The van der Waals surface area contributed by atoms with Crippen molar-refractivity contribution >= 4 is 17.2 Å². The van der Waals surface area contributed by atoms with Crippen LogP contribution in [0.4, 0.5) is 18.9 Å². The molecule has 1 fully saturated rings. The number of anilines is 1. The van der Waals surface area contributed by atoms with E-state index in [0.29, 0.717) is 12.0 Å². The number of alkyl halides is 3. The van der Waals surface area contributed by atoms with E-state index in [9.17, 15) is 18.0 Å². The minimum absolute atomic E-state index is 0.00671. The molecule has 180 valence electrons. The number of methoxy groups -OCH3 is 2. The van der Waals surface area contributed by atoms with E-state index in [1.165, 1.54) is 7.11 Å². The third kappa shape index (κ3) is 4.06. The molecule has 0 unspecified atom stereocenters. The van der Waals surface area contributed by atoms with Crippen LogP contribution in [0.2, 0.25) is 0 Å². The second kappa shape index (κ2) is 8.50. The lowest BCUT2D eigenvalue weighted by Gasteiger charge is -2.30. The Labute approximate surface area is 194 Å². The van der Waals surface area contributed by atoms with E-state index in [1.54, 1.807) is 19.4 Å². The van der Waals surface area contributed by atoms with Crippen LogP contribution in [-0.2, 0) is 11.2 Å². The molecule has 1 saturated heterocycles. The van der Waals surface area contributed by atoms with Crippen molar-refractivity contribution in [3.05, 3.63) is 47.8 Å². The Morgan fingerprint density at radius 2 is 2.00 bits per heavy atom. The molecule has 1 atom stereocenters.